The van der Waals surface area contributed by atoms with Gasteiger partial charge in [0.05, 0.1) is 16.5 Å². The van der Waals surface area contributed by atoms with E-state index in [2.05, 4.69) is 0 Å². The summed E-state index contributed by atoms with van der Waals surface area (Å²) in [7, 11) is 0. The van der Waals surface area contributed by atoms with Crippen molar-refractivity contribution in [1.82, 2.24) is 4.90 Å². The van der Waals surface area contributed by atoms with Gasteiger partial charge in [-0.15, -0.1) is 11.8 Å². The third-order valence-electron chi connectivity index (χ3n) is 2.82. The molecule has 78 valence electrons. The van der Waals surface area contributed by atoms with E-state index < -0.39 is 16.4 Å². The number of hydrogen-bond acceptors (Lipinski definition) is 4. The van der Waals surface area contributed by atoms with Gasteiger partial charge in [-0.05, 0) is 13.8 Å². The van der Waals surface area contributed by atoms with Crippen molar-refractivity contribution in [3.8, 4) is 0 Å². The molecule has 2 rings (SSSR count). The van der Waals surface area contributed by atoms with Crippen LogP contribution in [0.3, 0.4) is 0 Å². The molecule has 0 bridgehead atoms. The standard InChI is InChI=1S/C8H11NO4S/c1-7(2)8(13,6(11)12)9-4(10)3-5(9)14-7/h5,13H,3H2,1-2H3,(H,11,12)/t5-,8+/m1/s1. The number of carboxylic acid groups (broad SMARTS) is 1. The summed E-state index contributed by atoms with van der Waals surface area (Å²) in [6, 6.07) is 0. The Labute approximate surface area is 85.1 Å². The number of fused-ring (bicyclic) bond motifs is 1. The zero-order valence-electron chi connectivity index (χ0n) is 7.85. The molecular weight excluding hydrogens is 206 g/mol. The van der Waals surface area contributed by atoms with E-state index in [4.69, 9.17) is 5.11 Å². The summed E-state index contributed by atoms with van der Waals surface area (Å²) in [4.78, 5) is 23.3. The van der Waals surface area contributed by atoms with Crippen LogP contribution < -0.4 is 0 Å². The van der Waals surface area contributed by atoms with E-state index in [1.807, 2.05) is 0 Å². The van der Waals surface area contributed by atoms with Crippen molar-refractivity contribution in [1.29, 1.82) is 0 Å². The van der Waals surface area contributed by atoms with Crippen molar-refractivity contribution < 1.29 is 19.8 Å². The van der Waals surface area contributed by atoms with Gasteiger partial charge >= 0.3 is 5.97 Å². The summed E-state index contributed by atoms with van der Waals surface area (Å²) in [6.07, 6.45) is 0.323. The second-order valence-electron chi connectivity index (χ2n) is 4.03. The lowest BCUT2D eigenvalue weighted by Crippen LogP contribution is -2.67. The van der Waals surface area contributed by atoms with Crippen molar-refractivity contribution >= 4 is 23.6 Å². The molecule has 2 aliphatic heterocycles. The molecule has 0 aromatic heterocycles. The van der Waals surface area contributed by atoms with Crippen molar-refractivity contribution in [3.05, 3.63) is 0 Å². The van der Waals surface area contributed by atoms with E-state index in [0.717, 1.165) is 4.90 Å². The van der Waals surface area contributed by atoms with Gasteiger partial charge < -0.3 is 10.2 Å². The zero-order chi connectivity index (χ0) is 10.7. The lowest BCUT2D eigenvalue weighted by Gasteiger charge is -2.42. The SMILES string of the molecule is CC1(C)S[C@@H]2CC(=O)N2[C@]1(O)C(=O)O. The van der Waals surface area contributed by atoms with Crippen LogP contribution in [0.5, 0.6) is 0 Å². The monoisotopic (exact) mass is 217 g/mol. The summed E-state index contributed by atoms with van der Waals surface area (Å²) in [5.74, 6) is -1.65. The highest BCUT2D eigenvalue weighted by atomic mass is 32.2. The number of nitrogens with zero attached hydrogens (tertiary/aromatic N) is 1. The van der Waals surface area contributed by atoms with Gasteiger partial charge in [0.2, 0.25) is 5.91 Å². The van der Waals surface area contributed by atoms with Crippen LogP contribution >= 0.6 is 11.8 Å². The molecular formula is C8H11NO4S. The minimum atomic E-state index is -2.06. The second kappa shape index (κ2) is 2.43. The molecule has 0 unspecified atom stereocenters. The first-order chi connectivity index (χ1) is 6.30. The molecule has 6 heteroatoms. The van der Waals surface area contributed by atoms with Crippen LogP contribution in [0.15, 0.2) is 0 Å². The first-order valence-corrected chi connectivity index (χ1v) is 5.14. The van der Waals surface area contributed by atoms with Gasteiger partial charge in [-0.25, -0.2) is 4.79 Å². The topological polar surface area (TPSA) is 77.8 Å². The summed E-state index contributed by atoms with van der Waals surface area (Å²) >= 11 is 1.33. The van der Waals surface area contributed by atoms with Crippen LogP contribution in [0, 0.1) is 0 Å². The minimum Gasteiger partial charge on any atom is -0.478 e. The maximum Gasteiger partial charge on any atom is 0.358 e. The Balaban J connectivity index is 2.45. The van der Waals surface area contributed by atoms with E-state index in [1.165, 1.54) is 11.8 Å². The first-order valence-electron chi connectivity index (χ1n) is 4.26. The maximum absolute atomic E-state index is 11.2. The number of carbonyl (C=O) groups excluding carboxylic acids is 1. The predicted octanol–water partition coefficient (Wildman–Crippen LogP) is -0.157. The molecule has 0 radical (unpaired) electrons. The Morgan fingerprint density at radius 3 is 2.57 bits per heavy atom. The Bertz CT molecular complexity index is 329. The molecule has 2 fully saturated rings. The summed E-state index contributed by atoms with van der Waals surface area (Å²) in [5, 5.41) is 18.9. The average Bonchev–Trinajstić information content (AvgIpc) is 2.16. The lowest BCUT2D eigenvalue weighted by atomic mass is 9.94. The molecule has 14 heavy (non-hydrogen) atoms. The molecule has 2 heterocycles. The number of hydrogen-bond donors (Lipinski definition) is 2. The van der Waals surface area contributed by atoms with Crippen molar-refractivity contribution in [2.75, 3.05) is 0 Å². The average molecular weight is 217 g/mol. The molecule has 0 aromatic carbocycles. The van der Waals surface area contributed by atoms with Crippen molar-refractivity contribution in [3.63, 3.8) is 0 Å². The molecule has 0 aliphatic carbocycles. The molecule has 0 saturated carbocycles. The lowest BCUT2D eigenvalue weighted by molar-refractivity contribution is -0.201. The number of carbonyl (C=O) groups is 2. The Morgan fingerprint density at radius 2 is 2.21 bits per heavy atom. The van der Waals surface area contributed by atoms with Crippen molar-refractivity contribution in [2.45, 2.75) is 36.1 Å². The third-order valence-corrected chi connectivity index (χ3v) is 4.35. The highest BCUT2D eigenvalue weighted by Crippen LogP contribution is 2.55. The number of aliphatic carboxylic acids is 1. The molecule has 2 saturated heterocycles. The fourth-order valence-electron chi connectivity index (χ4n) is 1.94. The molecule has 1 amide bonds. The van der Waals surface area contributed by atoms with Crippen LogP contribution in [0.25, 0.3) is 0 Å². The number of rotatable bonds is 1. The van der Waals surface area contributed by atoms with Crippen LogP contribution in [-0.4, -0.2) is 42.8 Å². The fourth-order valence-corrected chi connectivity index (χ4v) is 3.57. The third kappa shape index (κ3) is 0.852. The van der Waals surface area contributed by atoms with Gasteiger partial charge in [0, 0.05) is 0 Å². The highest BCUT2D eigenvalue weighted by Gasteiger charge is 2.69. The molecule has 2 atom stereocenters. The predicted molar refractivity (Wildman–Crippen MR) is 49.5 cm³/mol. The van der Waals surface area contributed by atoms with E-state index in [-0.39, 0.29) is 11.3 Å². The largest absolute Gasteiger partial charge is 0.478 e. The van der Waals surface area contributed by atoms with Gasteiger partial charge in [-0.1, -0.05) is 0 Å². The number of carboxylic acids is 1. The quantitative estimate of drug-likeness (QED) is 0.597. The number of thioether (sulfide) groups is 1. The second-order valence-corrected chi connectivity index (χ2v) is 5.83. The van der Waals surface area contributed by atoms with E-state index in [1.54, 1.807) is 13.8 Å². The Kier molecular flexibility index (Phi) is 1.70. The minimum absolute atomic E-state index is 0.182. The van der Waals surface area contributed by atoms with Crippen LogP contribution in [0.4, 0.5) is 0 Å². The molecule has 5 nitrogen and oxygen atoms in total. The number of aliphatic hydroxyl groups is 1. The van der Waals surface area contributed by atoms with Crippen LogP contribution in [-0.2, 0) is 9.59 Å². The van der Waals surface area contributed by atoms with E-state index >= 15 is 0 Å². The molecule has 0 spiro atoms. The van der Waals surface area contributed by atoms with E-state index in [9.17, 15) is 14.7 Å². The van der Waals surface area contributed by atoms with Crippen molar-refractivity contribution in [2.24, 2.45) is 0 Å². The fraction of sp³-hybridized carbons (Fsp3) is 0.750. The number of β-lactam (4-membered cyclic amide) rings is 1. The molecule has 2 aliphatic rings. The van der Waals surface area contributed by atoms with Crippen LogP contribution in [0.1, 0.15) is 20.3 Å². The zero-order valence-corrected chi connectivity index (χ0v) is 8.67. The summed E-state index contributed by atoms with van der Waals surface area (Å²) < 4.78 is -0.865. The molecule has 2 N–H and O–H groups in total. The number of amides is 1. The summed E-state index contributed by atoms with van der Waals surface area (Å²) in [5.41, 5.74) is -2.06. The van der Waals surface area contributed by atoms with Gasteiger partial charge in [0.15, 0.2) is 0 Å². The Hall–Kier alpha value is -0.750. The van der Waals surface area contributed by atoms with Gasteiger partial charge in [0.1, 0.15) is 0 Å². The maximum atomic E-state index is 11.2. The smallest absolute Gasteiger partial charge is 0.358 e. The van der Waals surface area contributed by atoms with Gasteiger partial charge in [-0.2, -0.15) is 0 Å². The Morgan fingerprint density at radius 1 is 1.64 bits per heavy atom. The van der Waals surface area contributed by atoms with E-state index in [0.29, 0.717) is 6.42 Å². The highest BCUT2D eigenvalue weighted by molar-refractivity contribution is 8.01. The first kappa shape index (κ1) is 9.79. The normalized spacial score (nSPS) is 39.2. The van der Waals surface area contributed by atoms with Gasteiger partial charge in [0.25, 0.3) is 5.72 Å². The molecule has 0 aromatic rings. The summed E-state index contributed by atoms with van der Waals surface area (Å²) in [6.45, 7) is 3.27. The van der Waals surface area contributed by atoms with Crippen LogP contribution in [0.2, 0.25) is 0 Å². The van der Waals surface area contributed by atoms with Gasteiger partial charge in [-0.3, -0.25) is 9.69 Å².